The maximum absolute atomic E-state index is 11.5. The van der Waals surface area contributed by atoms with Gasteiger partial charge in [0.25, 0.3) is 5.91 Å². The van der Waals surface area contributed by atoms with Gasteiger partial charge in [-0.1, -0.05) is 6.07 Å². The Balaban J connectivity index is 2.51. The molecular weight excluding hydrogens is 178 g/mol. The maximum atomic E-state index is 11.5. The summed E-state index contributed by atoms with van der Waals surface area (Å²) in [6.45, 7) is 2.50. The van der Waals surface area contributed by atoms with Crippen LogP contribution >= 0.6 is 0 Å². The maximum Gasteiger partial charge on any atom is 0.270 e. The SMILES string of the molecule is CC(CCN)NC(=O)c1ccccn1. The van der Waals surface area contributed by atoms with Crippen molar-refractivity contribution in [3.8, 4) is 0 Å². The molecule has 0 saturated carbocycles. The standard InChI is InChI=1S/C10H15N3O/c1-8(5-6-11)13-10(14)9-4-2-3-7-12-9/h2-4,7-8H,5-6,11H2,1H3,(H,13,14). The summed E-state index contributed by atoms with van der Waals surface area (Å²) in [4.78, 5) is 15.5. The lowest BCUT2D eigenvalue weighted by atomic mass is 10.2. The number of hydrogen-bond donors (Lipinski definition) is 2. The summed E-state index contributed by atoms with van der Waals surface area (Å²) >= 11 is 0. The number of pyridine rings is 1. The lowest BCUT2D eigenvalue weighted by molar-refractivity contribution is 0.0934. The molecule has 1 atom stereocenters. The van der Waals surface area contributed by atoms with Crippen molar-refractivity contribution in [1.82, 2.24) is 10.3 Å². The van der Waals surface area contributed by atoms with Gasteiger partial charge in [0.2, 0.25) is 0 Å². The van der Waals surface area contributed by atoms with Crippen LogP contribution in [0.4, 0.5) is 0 Å². The summed E-state index contributed by atoms with van der Waals surface area (Å²) < 4.78 is 0. The van der Waals surface area contributed by atoms with Gasteiger partial charge in [-0.25, -0.2) is 0 Å². The fourth-order valence-electron chi connectivity index (χ4n) is 1.12. The van der Waals surface area contributed by atoms with Gasteiger partial charge in [-0.3, -0.25) is 9.78 Å². The van der Waals surface area contributed by atoms with Crippen molar-refractivity contribution in [2.45, 2.75) is 19.4 Å². The second-order valence-electron chi connectivity index (χ2n) is 3.17. The molecule has 1 aromatic heterocycles. The molecule has 0 radical (unpaired) electrons. The normalized spacial score (nSPS) is 12.1. The predicted molar refractivity (Wildman–Crippen MR) is 54.8 cm³/mol. The molecule has 0 saturated heterocycles. The molecule has 3 N–H and O–H groups in total. The first-order valence-electron chi connectivity index (χ1n) is 4.66. The smallest absolute Gasteiger partial charge is 0.270 e. The van der Waals surface area contributed by atoms with Gasteiger partial charge in [0.05, 0.1) is 0 Å². The van der Waals surface area contributed by atoms with Crippen molar-refractivity contribution < 1.29 is 4.79 Å². The van der Waals surface area contributed by atoms with Gasteiger partial charge in [0.15, 0.2) is 0 Å². The minimum absolute atomic E-state index is 0.0921. The largest absolute Gasteiger partial charge is 0.348 e. The van der Waals surface area contributed by atoms with Crippen LogP contribution in [-0.4, -0.2) is 23.5 Å². The first kappa shape index (κ1) is 10.7. The van der Waals surface area contributed by atoms with Crippen LogP contribution in [0, 0.1) is 0 Å². The lowest BCUT2D eigenvalue weighted by Gasteiger charge is -2.11. The van der Waals surface area contributed by atoms with Crippen LogP contribution in [0.5, 0.6) is 0 Å². The molecule has 1 unspecified atom stereocenters. The van der Waals surface area contributed by atoms with Gasteiger partial charge in [0, 0.05) is 12.2 Å². The Kier molecular flexibility index (Phi) is 4.07. The summed E-state index contributed by atoms with van der Waals surface area (Å²) in [5, 5.41) is 2.82. The number of carbonyl (C=O) groups excluding carboxylic acids is 1. The third-order valence-corrected chi connectivity index (χ3v) is 1.87. The molecule has 0 aliphatic carbocycles. The predicted octanol–water partition coefficient (Wildman–Crippen LogP) is 0.549. The summed E-state index contributed by atoms with van der Waals surface area (Å²) in [7, 11) is 0. The second kappa shape index (κ2) is 5.34. The monoisotopic (exact) mass is 193 g/mol. The molecule has 0 aromatic carbocycles. The molecule has 0 aliphatic rings. The molecule has 14 heavy (non-hydrogen) atoms. The Morgan fingerprint density at radius 1 is 1.64 bits per heavy atom. The quantitative estimate of drug-likeness (QED) is 0.733. The molecule has 1 rings (SSSR count). The van der Waals surface area contributed by atoms with Gasteiger partial charge >= 0.3 is 0 Å². The van der Waals surface area contributed by atoms with E-state index >= 15 is 0 Å². The van der Waals surface area contributed by atoms with E-state index < -0.39 is 0 Å². The van der Waals surface area contributed by atoms with Crippen molar-refractivity contribution in [2.24, 2.45) is 5.73 Å². The average Bonchev–Trinajstić information content (AvgIpc) is 2.19. The molecule has 4 nitrogen and oxygen atoms in total. The Hall–Kier alpha value is -1.42. The van der Waals surface area contributed by atoms with Gasteiger partial charge in [-0.15, -0.1) is 0 Å². The van der Waals surface area contributed by atoms with Crippen molar-refractivity contribution in [1.29, 1.82) is 0 Å². The van der Waals surface area contributed by atoms with Gasteiger partial charge in [0.1, 0.15) is 5.69 Å². The Morgan fingerprint density at radius 2 is 2.43 bits per heavy atom. The zero-order chi connectivity index (χ0) is 10.4. The fraction of sp³-hybridized carbons (Fsp3) is 0.400. The highest BCUT2D eigenvalue weighted by atomic mass is 16.1. The van der Waals surface area contributed by atoms with Crippen LogP contribution in [0.3, 0.4) is 0 Å². The zero-order valence-corrected chi connectivity index (χ0v) is 8.23. The van der Waals surface area contributed by atoms with Crippen LogP contribution in [0.2, 0.25) is 0 Å². The third-order valence-electron chi connectivity index (χ3n) is 1.87. The van der Waals surface area contributed by atoms with Crippen LogP contribution in [0.15, 0.2) is 24.4 Å². The third kappa shape index (κ3) is 3.14. The first-order valence-corrected chi connectivity index (χ1v) is 4.66. The van der Waals surface area contributed by atoms with Crippen LogP contribution in [0.1, 0.15) is 23.8 Å². The summed E-state index contributed by atoms with van der Waals surface area (Å²) in [6.07, 6.45) is 2.38. The topological polar surface area (TPSA) is 68.0 Å². The van der Waals surface area contributed by atoms with E-state index in [2.05, 4.69) is 10.3 Å². The number of carbonyl (C=O) groups is 1. The molecular formula is C10H15N3O. The molecule has 1 aromatic rings. The van der Waals surface area contributed by atoms with E-state index in [-0.39, 0.29) is 11.9 Å². The van der Waals surface area contributed by atoms with E-state index in [1.165, 1.54) is 0 Å². The van der Waals surface area contributed by atoms with E-state index in [9.17, 15) is 4.79 Å². The molecule has 1 amide bonds. The molecule has 76 valence electrons. The van der Waals surface area contributed by atoms with E-state index in [0.29, 0.717) is 12.2 Å². The van der Waals surface area contributed by atoms with Crippen molar-refractivity contribution in [3.63, 3.8) is 0 Å². The Labute approximate surface area is 83.5 Å². The number of nitrogens with one attached hydrogen (secondary N) is 1. The van der Waals surface area contributed by atoms with Gasteiger partial charge in [-0.05, 0) is 32.0 Å². The number of aromatic nitrogens is 1. The fourth-order valence-corrected chi connectivity index (χ4v) is 1.12. The number of nitrogens with zero attached hydrogens (tertiary/aromatic N) is 1. The minimum atomic E-state index is -0.147. The van der Waals surface area contributed by atoms with E-state index in [1.54, 1.807) is 24.4 Å². The number of hydrogen-bond acceptors (Lipinski definition) is 3. The zero-order valence-electron chi connectivity index (χ0n) is 8.23. The molecule has 1 heterocycles. The van der Waals surface area contributed by atoms with Gasteiger partial charge in [-0.2, -0.15) is 0 Å². The number of nitrogens with two attached hydrogens (primary N) is 1. The highest BCUT2D eigenvalue weighted by Crippen LogP contribution is 1.95. The van der Waals surface area contributed by atoms with Crippen molar-refractivity contribution >= 4 is 5.91 Å². The van der Waals surface area contributed by atoms with Crippen LogP contribution < -0.4 is 11.1 Å². The number of rotatable bonds is 4. The number of amides is 1. The van der Waals surface area contributed by atoms with Crippen molar-refractivity contribution in [3.05, 3.63) is 30.1 Å². The highest BCUT2D eigenvalue weighted by Gasteiger charge is 2.08. The first-order chi connectivity index (χ1) is 6.74. The Morgan fingerprint density at radius 3 is 3.00 bits per heavy atom. The van der Waals surface area contributed by atoms with E-state index in [4.69, 9.17) is 5.73 Å². The minimum Gasteiger partial charge on any atom is -0.348 e. The molecule has 4 heteroatoms. The molecule has 0 aliphatic heterocycles. The summed E-state index contributed by atoms with van der Waals surface area (Å²) in [5.74, 6) is -0.147. The van der Waals surface area contributed by atoms with E-state index in [0.717, 1.165) is 6.42 Å². The molecule has 0 bridgehead atoms. The highest BCUT2D eigenvalue weighted by molar-refractivity contribution is 5.92. The Bertz CT molecular complexity index is 287. The van der Waals surface area contributed by atoms with E-state index in [1.807, 2.05) is 6.92 Å². The van der Waals surface area contributed by atoms with Crippen LogP contribution in [-0.2, 0) is 0 Å². The average molecular weight is 193 g/mol. The summed E-state index contributed by atoms with van der Waals surface area (Å²) in [6, 6.07) is 5.34. The lowest BCUT2D eigenvalue weighted by Crippen LogP contribution is -2.34. The van der Waals surface area contributed by atoms with Gasteiger partial charge < -0.3 is 11.1 Å². The van der Waals surface area contributed by atoms with Crippen molar-refractivity contribution in [2.75, 3.05) is 6.54 Å². The molecule has 0 fully saturated rings. The molecule has 0 spiro atoms. The summed E-state index contributed by atoms with van der Waals surface area (Å²) in [5.41, 5.74) is 5.82. The second-order valence-corrected chi connectivity index (χ2v) is 3.17. The van der Waals surface area contributed by atoms with Crippen LogP contribution in [0.25, 0.3) is 0 Å².